The van der Waals surface area contributed by atoms with Crippen LogP contribution < -0.4 is 20.2 Å². The summed E-state index contributed by atoms with van der Waals surface area (Å²) in [7, 11) is 3.05. The van der Waals surface area contributed by atoms with E-state index in [0.717, 1.165) is 5.56 Å². The zero-order valence-electron chi connectivity index (χ0n) is 14.5. The average molecular weight is 376 g/mol. The highest BCUT2D eigenvalue weighted by atomic mass is 35.5. The van der Waals surface area contributed by atoms with Crippen LogP contribution in [0.15, 0.2) is 41.5 Å². The van der Waals surface area contributed by atoms with Gasteiger partial charge >= 0.3 is 11.8 Å². The molecule has 0 aliphatic rings. The zero-order valence-corrected chi connectivity index (χ0v) is 15.3. The maximum absolute atomic E-state index is 11.9. The van der Waals surface area contributed by atoms with E-state index in [0.29, 0.717) is 27.8 Å². The van der Waals surface area contributed by atoms with E-state index in [-0.39, 0.29) is 0 Å². The molecule has 2 amide bonds. The second-order valence-electron chi connectivity index (χ2n) is 5.23. The van der Waals surface area contributed by atoms with E-state index in [4.69, 9.17) is 21.1 Å². The summed E-state index contributed by atoms with van der Waals surface area (Å²) in [5.74, 6) is -0.630. The lowest BCUT2D eigenvalue weighted by molar-refractivity contribution is -0.136. The van der Waals surface area contributed by atoms with Gasteiger partial charge in [0.05, 0.1) is 20.4 Å². The van der Waals surface area contributed by atoms with E-state index in [1.807, 2.05) is 6.92 Å². The van der Waals surface area contributed by atoms with Crippen molar-refractivity contribution in [1.82, 2.24) is 5.43 Å². The number of halogens is 1. The Labute approximate surface area is 155 Å². The number of nitrogens with zero attached hydrogens (tertiary/aromatic N) is 1. The Morgan fingerprint density at radius 2 is 1.85 bits per heavy atom. The highest BCUT2D eigenvalue weighted by Gasteiger charge is 2.13. The molecular weight excluding hydrogens is 358 g/mol. The maximum Gasteiger partial charge on any atom is 0.329 e. The molecule has 7 nitrogen and oxygen atoms in total. The first-order valence-corrected chi connectivity index (χ1v) is 7.95. The van der Waals surface area contributed by atoms with Crippen LogP contribution in [-0.4, -0.2) is 32.2 Å². The highest BCUT2D eigenvalue weighted by Crippen LogP contribution is 2.22. The van der Waals surface area contributed by atoms with Crippen molar-refractivity contribution in [2.45, 2.75) is 6.92 Å². The molecule has 0 aromatic heterocycles. The van der Waals surface area contributed by atoms with Gasteiger partial charge in [-0.25, -0.2) is 5.43 Å². The Balaban J connectivity index is 2.00. The fourth-order valence-electron chi connectivity index (χ4n) is 2.01. The SMILES string of the molecule is COc1ccc(OC)c(/C=N/NC(=O)C(=O)Nc2ccc(C)c(Cl)c2)c1. The van der Waals surface area contributed by atoms with Crippen LogP contribution in [0.5, 0.6) is 11.5 Å². The number of nitrogens with one attached hydrogen (secondary N) is 2. The van der Waals surface area contributed by atoms with Crippen molar-refractivity contribution in [2.24, 2.45) is 5.10 Å². The fraction of sp³-hybridized carbons (Fsp3) is 0.167. The summed E-state index contributed by atoms with van der Waals surface area (Å²) < 4.78 is 10.3. The lowest BCUT2D eigenvalue weighted by Crippen LogP contribution is -2.32. The topological polar surface area (TPSA) is 89.0 Å². The van der Waals surface area contributed by atoms with Crippen LogP contribution in [-0.2, 0) is 9.59 Å². The van der Waals surface area contributed by atoms with Gasteiger partial charge in [0.1, 0.15) is 11.5 Å². The van der Waals surface area contributed by atoms with Crippen molar-refractivity contribution in [3.8, 4) is 11.5 Å². The first-order chi connectivity index (χ1) is 12.4. The number of ether oxygens (including phenoxy) is 2. The molecular formula is C18H18ClN3O4. The monoisotopic (exact) mass is 375 g/mol. The van der Waals surface area contributed by atoms with Gasteiger partial charge in [-0.2, -0.15) is 5.10 Å². The maximum atomic E-state index is 11.9. The number of anilines is 1. The van der Waals surface area contributed by atoms with Crippen LogP contribution in [0.2, 0.25) is 5.02 Å². The van der Waals surface area contributed by atoms with Crippen molar-refractivity contribution >= 4 is 35.3 Å². The number of hydrazone groups is 1. The molecule has 0 spiro atoms. The predicted octanol–water partition coefficient (Wildman–Crippen LogP) is 2.75. The van der Waals surface area contributed by atoms with Crippen molar-refractivity contribution < 1.29 is 19.1 Å². The molecule has 2 aromatic rings. The number of amides is 2. The number of aryl methyl sites for hydroxylation is 1. The van der Waals surface area contributed by atoms with Crippen molar-refractivity contribution in [1.29, 1.82) is 0 Å². The third-order valence-corrected chi connectivity index (χ3v) is 3.85. The first-order valence-electron chi connectivity index (χ1n) is 7.57. The summed E-state index contributed by atoms with van der Waals surface area (Å²) in [6, 6.07) is 10.1. The van der Waals surface area contributed by atoms with Gasteiger partial charge < -0.3 is 14.8 Å². The van der Waals surface area contributed by atoms with Gasteiger partial charge in [-0.05, 0) is 42.8 Å². The molecule has 0 bridgehead atoms. The summed E-state index contributed by atoms with van der Waals surface area (Å²) >= 11 is 5.98. The van der Waals surface area contributed by atoms with Gasteiger partial charge in [-0.1, -0.05) is 17.7 Å². The number of carbonyl (C=O) groups excluding carboxylic acids is 2. The predicted molar refractivity (Wildman–Crippen MR) is 100 cm³/mol. The van der Waals surface area contributed by atoms with Crippen LogP contribution >= 0.6 is 11.6 Å². The number of hydrogen-bond donors (Lipinski definition) is 2. The molecule has 0 aliphatic heterocycles. The molecule has 0 saturated carbocycles. The van der Waals surface area contributed by atoms with Gasteiger partial charge in [0, 0.05) is 16.3 Å². The molecule has 2 N–H and O–H groups in total. The smallest absolute Gasteiger partial charge is 0.329 e. The van der Waals surface area contributed by atoms with E-state index < -0.39 is 11.8 Å². The quantitative estimate of drug-likeness (QED) is 0.477. The van der Waals surface area contributed by atoms with Crippen molar-refractivity contribution in [3.05, 3.63) is 52.5 Å². The van der Waals surface area contributed by atoms with Crippen molar-refractivity contribution in [2.75, 3.05) is 19.5 Å². The lowest BCUT2D eigenvalue weighted by Gasteiger charge is -2.07. The standard InChI is InChI=1S/C18H18ClN3O4/c1-11-4-5-13(9-15(11)19)21-17(23)18(24)22-20-10-12-8-14(25-2)6-7-16(12)26-3/h4-10H,1-3H3,(H,21,23)(H,22,24)/b20-10+. The summed E-state index contributed by atoms with van der Waals surface area (Å²) in [6.45, 7) is 1.84. The van der Waals surface area contributed by atoms with Crippen LogP contribution in [0.3, 0.4) is 0 Å². The molecule has 2 aromatic carbocycles. The summed E-state index contributed by atoms with van der Waals surface area (Å²) in [5, 5.41) is 6.71. The van der Waals surface area contributed by atoms with Gasteiger partial charge in [-0.15, -0.1) is 0 Å². The fourth-order valence-corrected chi connectivity index (χ4v) is 2.19. The molecule has 26 heavy (non-hydrogen) atoms. The third kappa shape index (κ3) is 4.97. The molecule has 0 radical (unpaired) electrons. The molecule has 8 heteroatoms. The largest absolute Gasteiger partial charge is 0.497 e. The first kappa shape index (κ1) is 19.3. The molecule has 0 heterocycles. The lowest BCUT2D eigenvalue weighted by atomic mass is 10.2. The van der Waals surface area contributed by atoms with E-state index in [1.165, 1.54) is 20.4 Å². The number of hydrogen-bond acceptors (Lipinski definition) is 5. The van der Waals surface area contributed by atoms with Gasteiger partial charge in [0.2, 0.25) is 0 Å². The van der Waals surface area contributed by atoms with Gasteiger partial charge in [-0.3, -0.25) is 9.59 Å². The third-order valence-electron chi connectivity index (χ3n) is 3.44. The molecule has 2 rings (SSSR count). The number of methoxy groups -OCH3 is 2. The van der Waals surface area contributed by atoms with Gasteiger partial charge in [0.25, 0.3) is 0 Å². The molecule has 0 unspecified atom stereocenters. The second-order valence-corrected chi connectivity index (χ2v) is 5.63. The van der Waals surface area contributed by atoms with E-state index in [9.17, 15) is 9.59 Å². The van der Waals surface area contributed by atoms with Crippen molar-refractivity contribution in [3.63, 3.8) is 0 Å². The number of rotatable bonds is 5. The number of benzene rings is 2. The van der Waals surface area contributed by atoms with Crippen LogP contribution in [0.25, 0.3) is 0 Å². The zero-order chi connectivity index (χ0) is 19.1. The Morgan fingerprint density at radius 3 is 2.50 bits per heavy atom. The van der Waals surface area contributed by atoms with Crippen LogP contribution in [0.1, 0.15) is 11.1 Å². The second kappa shape index (κ2) is 8.87. The summed E-state index contributed by atoms with van der Waals surface area (Å²) in [5.41, 5.74) is 4.02. The summed E-state index contributed by atoms with van der Waals surface area (Å²) in [4.78, 5) is 23.7. The molecule has 0 aliphatic carbocycles. The molecule has 136 valence electrons. The molecule has 0 fully saturated rings. The Morgan fingerprint density at radius 1 is 1.08 bits per heavy atom. The summed E-state index contributed by atoms with van der Waals surface area (Å²) in [6.07, 6.45) is 1.36. The minimum absolute atomic E-state index is 0.416. The Bertz CT molecular complexity index is 852. The minimum Gasteiger partial charge on any atom is -0.497 e. The van der Waals surface area contributed by atoms with E-state index in [2.05, 4.69) is 15.8 Å². The Hall–Kier alpha value is -3.06. The van der Waals surface area contributed by atoms with Crippen LogP contribution in [0, 0.1) is 6.92 Å². The number of carbonyl (C=O) groups is 2. The highest BCUT2D eigenvalue weighted by molar-refractivity contribution is 6.39. The Kier molecular flexibility index (Phi) is 6.57. The van der Waals surface area contributed by atoms with E-state index in [1.54, 1.807) is 36.4 Å². The normalized spacial score (nSPS) is 10.5. The van der Waals surface area contributed by atoms with Gasteiger partial charge in [0.15, 0.2) is 0 Å². The minimum atomic E-state index is -0.917. The average Bonchev–Trinajstić information content (AvgIpc) is 2.64. The molecule has 0 atom stereocenters. The van der Waals surface area contributed by atoms with E-state index >= 15 is 0 Å². The van der Waals surface area contributed by atoms with Crippen LogP contribution in [0.4, 0.5) is 5.69 Å². The molecule has 0 saturated heterocycles.